The molecule has 2 aliphatic rings. The minimum absolute atomic E-state index is 0.0101. The Balaban J connectivity index is 1.42. The highest BCUT2D eigenvalue weighted by Gasteiger charge is 2.30. The minimum atomic E-state index is -0.298. The number of carbonyl (C=O) groups excluding carboxylic acids is 2. The summed E-state index contributed by atoms with van der Waals surface area (Å²) in [6, 6.07) is 11.1. The molecule has 0 spiro atoms. The molecule has 0 aliphatic carbocycles. The number of pyridine rings is 1. The lowest BCUT2D eigenvalue weighted by molar-refractivity contribution is -0.117. The Morgan fingerprint density at radius 1 is 1.18 bits per heavy atom. The third-order valence-electron chi connectivity index (χ3n) is 5.35. The second-order valence-electron chi connectivity index (χ2n) is 7.37. The van der Waals surface area contributed by atoms with Crippen molar-refractivity contribution in [2.45, 2.75) is 25.4 Å². The molecule has 0 saturated carbocycles. The summed E-state index contributed by atoms with van der Waals surface area (Å²) < 4.78 is 0. The van der Waals surface area contributed by atoms with Crippen LogP contribution in [-0.2, 0) is 4.79 Å². The molecule has 2 N–H and O–H groups in total. The molecular weight excluding hydrogens is 354 g/mol. The highest BCUT2D eigenvalue weighted by Crippen LogP contribution is 2.30. The molecule has 2 aliphatic heterocycles. The van der Waals surface area contributed by atoms with Gasteiger partial charge in [-0.3, -0.25) is 14.5 Å². The number of piperidine rings is 1. The van der Waals surface area contributed by atoms with Gasteiger partial charge in [0, 0.05) is 18.9 Å². The summed E-state index contributed by atoms with van der Waals surface area (Å²) >= 11 is 0. The van der Waals surface area contributed by atoms with Gasteiger partial charge >= 0.3 is 0 Å². The summed E-state index contributed by atoms with van der Waals surface area (Å²) in [5, 5.41) is 5.97. The van der Waals surface area contributed by atoms with E-state index in [1.54, 1.807) is 18.3 Å². The molecule has 3 heterocycles. The number of nitrogens with one attached hydrogen (secondary N) is 2. The van der Waals surface area contributed by atoms with Crippen molar-refractivity contribution in [2.75, 3.05) is 36.9 Å². The average Bonchev–Trinajstić information content (AvgIpc) is 2.72. The molecule has 1 aromatic heterocycles. The monoisotopic (exact) mass is 379 g/mol. The molecule has 0 radical (unpaired) electrons. The van der Waals surface area contributed by atoms with Crippen LogP contribution in [0.2, 0.25) is 0 Å². The lowest BCUT2D eigenvalue weighted by Crippen LogP contribution is -2.45. The first-order valence-electron chi connectivity index (χ1n) is 9.73. The number of amides is 2. The van der Waals surface area contributed by atoms with E-state index in [9.17, 15) is 9.59 Å². The van der Waals surface area contributed by atoms with Crippen molar-refractivity contribution in [1.29, 1.82) is 0 Å². The van der Waals surface area contributed by atoms with Gasteiger partial charge in [-0.1, -0.05) is 18.6 Å². The van der Waals surface area contributed by atoms with E-state index in [2.05, 4.69) is 20.5 Å². The SMILES string of the molecule is CN1c2ncccc2C(=O)NC1c1ccc(NC(=O)CN2CCCCC2)cc1. The van der Waals surface area contributed by atoms with Crippen LogP contribution in [0.25, 0.3) is 0 Å². The van der Waals surface area contributed by atoms with Gasteiger partial charge in [-0.05, 0) is 55.8 Å². The van der Waals surface area contributed by atoms with E-state index >= 15 is 0 Å². The molecule has 1 aromatic carbocycles. The Kier molecular flexibility index (Phi) is 5.25. The highest BCUT2D eigenvalue weighted by atomic mass is 16.2. The molecule has 4 rings (SSSR count). The first-order valence-corrected chi connectivity index (χ1v) is 9.73. The van der Waals surface area contributed by atoms with Gasteiger partial charge in [0.1, 0.15) is 12.0 Å². The van der Waals surface area contributed by atoms with E-state index < -0.39 is 0 Å². The van der Waals surface area contributed by atoms with E-state index in [-0.39, 0.29) is 18.0 Å². The largest absolute Gasteiger partial charge is 0.335 e. The smallest absolute Gasteiger partial charge is 0.256 e. The average molecular weight is 379 g/mol. The van der Waals surface area contributed by atoms with Gasteiger partial charge in [0.05, 0.1) is 12.1 Å². The number of benzene rings is 1. The molecule has 7 nitrogen and oxygen atoms in total. The molecule has 2 amide bonds. The van der Waals surface area contributed by atoms with Crippen LogP contribution in [0.1, 0.15) is 41.3 Å². The fourth-order valence-corrected chi connectivity index (χ4v) is 3.85. The van der Waals surface area contributed by atoms with E-state index in [1.807, 2.05) is 36.2 Å². The molecule has 1 unspecified atom stereocenters. The normalized spacial score (nSPS) is 19.7. The minimum Gasteiger partial charge on any atom is -0.335 e. The van der Waals surface area contributed by atoms with Crippen molar-refractivity contribution in [3.8, 4) is 0 Å². The third-order valence-corrected chi connectivity index (χ3v) is 5.35. The van der Waals surface area contributed by atoms with Crippen LogP contribution >= 0.6 is 0 Å². The quantitative estimate of drug-likeness (QED) is 0.853. The predicted molar refractivity (Wildman–Crippen MR) is 108 cm³/mol. The predicted octanol–water partition coefficient (Wildman–Crippen LogP) is 2.38. The lowest BCUT2D eigenvalue weighted by Gasteiger charge is -2.35. The van der Waals surface area contributed by atoms with Crippen LogP contribution in [-0.4, -0.2) is 48.4 Å². The highest BCUT2D eigenvalue weighted by molar-refractivity contribution is 6.01. The number of hydrogen-bond acceptors (Lipinski definition) is 5. The van der Waals surface area contributed by atoms with Crippen molar-refractivity contribution in [1.82, 2.24) is 15.2 Å². The number of likely N-dealkylation sites (tertiary alicyclic amines) is 1. The van der Waals surface area contributed by atoms with Gasteiger partial charge in [0.25, 0.3) is 5.91 Å². The standard InChI is InChI=1S/C21H25N5O2/c1-25-19(24-21(28)17-6-5-11-22-20(17)25)15-7-9-16(10-8-15)23-18(27)14-26-12-3-2-4-13-26/h5-11,19H,2-4,12-14H2,1H3,(H,23,27)(H,24,28). The first-order chi connectivity index (χ1) is 13.6. The topological polar surface area (TPSA) is 77.6 Å². The molecule has 2 aromatic rings. The van der Waals surface area contributed by atoms with Crippen molar-refractivity contribution in [3.05, 3.63) is 53.7 Å². The fraction of sp³-hybridized carbons (Fsp3) is 0.381. The Hall–Kier alpha value is -2.93. The maximum Gasteiger partial charge on any atom is 0.256 e. The molecule has 146 valence electrons. The van der Waals surface area contributed by atoms with Gasteiger partial charge in [-0.15, -0.1) is 0 Å². The Morgan fingerprint density at radius 2 is 1.93 bits per heavy atom. The van der Waals surface area contributed by atoms with Gasteiger partial charge in [-0.25, -0.2) is 4.98 Å². The van der Waals surface area contributed by atoms with Crippen molar-refractivity contribution in [2.24, 2.45) is 0 Å². The number of hydrogen-bond donors (Lipinski definition) is 2. The zero-order valence-electron chi connectivity index (χ0n) is 16.0. The molecule has 0 bridgehead atoms. The van der Waals surface area contributed by atoms with Crippen LogP contribution in [0.15, 0.2) is 42.6 Å². The number of anilines is 2. The molecule has 7 heteroatoms. The van der Waals surface area contributed by atoms with E-state index in [4.69, 9.17) is 0 Å². The second-order valence-corrected chi connectivity index (χ2v) is 7.37. The Bertz CT molecular complexity index is 861. The number of rotatable bonds is 4. The zero-order chi connectivity index (χ0) is 19.5. The number of carbonyl (C=O) groups is 2. The number of aromatic nitrogens is 1. The van der Waals surface area contributed by atoms with Crippen LogP contribution in [0.5, 0.6) is 0 Å². The van der Waals surface area contributed by atoms with E-state index in [0.717, 1.165) is 24.3 Å². The summed E-state index contributed by atoms with van der Waals surface area (Å²) in [6.45, 7) is 2.43. The van der Waals surface area contributed by atoms with Gasteiger partial charge < -0.3 is 15.5 Å². The summed E-state index contributed by atoms with van der Waals surface area (Å²) in [4.78, 5) is 33.1. The molecule has 28 heavy (non-hydrogen) atoms. The van der Waals surface area contributed by atoms with E-state index in [1.165, 1.54) is 19.3 Å². The van der Waals surface area contributed by atoms with Crippen molar-refractivity contribution in [3.63, 3.8) is 0 Å². The Labute approximate surface area is 164 Å². The third kappa shape index (κ3) is 3.84. The Morgan fingerprint density at radius 3 is 2.68 bits per heavy atom. The summed E-state index contributed by atoms with van der Waals surface area (Å²) in [5.74, 6) is 0.538. The number of fused-ring (bicyclic) bond motifs is 1. The second kappa shape index (κ2) is 7.98. The van der Waals surface area contributed by atoms with Crippen molar-refractivity contribution >= 4 is 23.3 Å². The van der Waals surface area contributed by atoms with Crippen LogP contribution in [0, 0.1) is 0 Å². The lowest BCUT2D eigenvalue weighted by atomic mass is 10.1. The van der Waals surface area contributed by atoms with E-state index in [0.29, 0.717) is 17.9 Å². The van der Waals surface area contributed by atoms with Gasteiger partial charge in [0.2, 0.25) is 5.91 Å². The fourth-order valence-electron chi connectivity index (χ4n) is 3.85. The maximum absolute atomic E-state index is 12.4. The molecule has 1 atom stereocenters. The van der Waals surface area contributed by atoms with Crippen molar-refractivity contribution < 1.29 is 9.59 Å². The number of nitrogens with zero attached hydrogens (tertiary/aromatic N) is 3. The van der Waals surface area contributed by atoms with Crippen LogP contribution in [0.3, 0.4) is 0 Å². The zero-order valence-corrected chi connectivity index (χ0v) is 16.0. The summed E-state index contributed by atoms with van der Waals surface area (Å²) in [6.07, 6.45) is 4.98. The van der Waals surface area contributed by atoms with Gasteiger partial charge in [-0.2, -0.15) is 0 Å². The summed E-state index contributed by atoms with van der Waals surface area (Å²) in [5.41, 5.74) is 2.26. The van der Waals surface area contributed by atoms with Crippen LogP contribution < -0.4 is 15.5 Å². The maximum atomic E-state index is 12.4. The molecule has 1 fully saturated rings. The molecule has 1 saturated heterocycles. The molecular formula is C21H25N5O2. The van der Waals surface area contributed by atoms with Crippen LogP contribution in [0.4, 0.5) is 11.5 Å². The van der Waals surface area contributed by atoms with Gasteiger partial charge in [0.15, 0.2) is 0 Å². The summed E-state index contributed by atoms with van der Waals surface area (Å²) in [7, 11) is 1.91. The first kappa shape index (κ1) is 18.4.